The van der Waals surface area contributed by atoms with Gasteiger partial charge in [0.2, 0.25) is 0 Å². The van der Waals surface area contributed by atoms with E-state index in [0.29, 0.717) is 58.9 Å². The molecule has 42 heavy (non-hydrogen) atoms. The summed E-state index contributed by atoms with van der Waals surface area (Å²) in [6.45, 7) is 3.97. The lowest BCUT2D eigenvalue weighted by Crippen LogP contribution is -2.49. The van der Waals surface area contributed by atoms with Gasteiger partial charge in [0.1, 0.15) is 5.69 Å². The van der Waals surface area contributed by atoms with E-state index < -0.39 is 10.5 Å². The quantitative estimate of drug-likeness (QED) is 0.190. The highest BCUT2D eigenvalue weighted by Gasteiger charge is 2.26. The minimum Gasteiger partial charge on any atom is -0.368 e. The molecule has 0 unspecified atom stereocenters. The molecule has 1 fully saturated rings. The van der Waals surface area contributed by atoms with Gasteiger partial charge in [-0.2, -0.15) is 9.78 Å². The van der Waals surface area contributed by atoms with E-state index >= 15 is 0 Å². The number of piperazine rings is 1. The van der Waals surface area contributed by atoms with Crippen LogP contribution >= 0.6 is 11.6 Å². The molecule has 10 heteroatoms. The lowest BCUT2D eigenvalue weighted by molar-refractivity contribution is -0.384. The average molecular weight is 580 g/mol. The third kappa shape index (κ3) is 4.99. The summed E-state index contributed by atoms with van der Waals surface area (Å²) in [5.41, 5.74) is 2.91. The van der Waals surface area contributed by atoms with Gasteiger partial charge >= 0.3 is 0 Å². The molecule has 0 saturated carbocycles. The number of nitro benzene ring substituents is 1. The fourth-order valence-corrected chi connectivity index (χ4v) is 5.48. The highest BCUT2D eigenvalue weighted by molar-refractivity contribution is 6.30. The molecular weight excluding hydrogens is 554 g/mol. The summed E-state index contributed by atoms with van der Waals surface area (Å²) in [7, 11) is 0. The minimum absolute atomic E-state index is 0.0150. The second kappa shape index (κ2) is 11.1. The van der Waals surface area contributed by atoms with Crippen molar-refractivity contribution in [1.82, 2.24) is 14.7 Å². The number of carbonyl (C=O) groups is 1. The Kier molecular flexibility index (Phi) is 7.18. The molecule has 2 heterocycles. The number of aromatic nitrogens is 2. The first-order chi connectivity index (χ1) is 20.3. The highest BCUT2D eigenvalue weighted by atomic mass is 35.5. The average Bonchev–Trinajstić information content (AvgIpc) is 3.01. The molecule has 0 spiro atoms. The molecule has 210 valence electrons. The van der Waals surface area contributed by atoms with E-state index in [1.165, 1.54) is 6.07 Å². The van der Waals surface area contributed by atoms with E-state index in [1.54, 1.807) is 54.6 Å². The predicted octanol–water partition coefficient (Wildman–Crippen LogP) is 5.89. The maximum Gasteiger partial charge on any atom is 0.295 e. The van der Waals surface area contributed by atoms with Crippen molar-refractivity contribution in [3.63, 3.8) is 0 Å². The summed E-state index contributed by atoms with van der Waals surface area (Å²) >= 11 is 6.10. The first kappa shape index (κ1) is 27.2. The Morgan fingerprint density at radius 1 is 0.881 bits per heavy atom. The molecule has 0 aliphatic carbocycles. The topological polar surface area (TPSA) is 102 Å². The Balaban J connectivity index is 1.39. The molecule has 1 aliphatic rings. The molecule has 1 saturated heterocycles. The van der Waals surface area contributed by atoms with Crippen molar-refractivity contribution in [3.05, 3.63) is 128 Å². The van der Waals surface area contributed by atoms with E-state index in [2.05, 4.69) is 10.00 Å². The maximum absolute atomic E-state index is 13.7. The summed E-state index contributed by atoms with van der Waals surface area (Å²) in [6.07, 6.45) is 0. The van der Waals surface area contributed by atoms with Gasteiger partial charge in [0, 0.05) is 59.5 Å². The molecule has 1 amide bonds. The smallest absolute Gasteiger partial charge is 0.295 e. The monoisotopic (exact) mass is 579 g/mol. The van der Waals surface area contributed by atoms with Gasteiger partial charge < -0.3 is 9.80 Å². The van der Waals surface area contributed by atoms with Gasteiger partial charge in [-0.3, -0.25) is 19.7 Å². The van der Waals surface area contributed by atoms with E-state index in [1.807, 2.05) is 42.2 Å². The Morgan fingerprint density at radius 2 is 1.55 bits per heavy atom. The van der Waals surface area contributed by atoms with Crippen LogP contribution in [0.15, 0.2) is 95.8 Å². The van der Waals surface area contributed by atoms with Crippen LogP contribution in [-0.4, -0.2) is 51.7 Å². The molecule has 4 aromatic carbocycles. The Bertz CT molecular complexity index is 1900. The molecular formula is C32H26ClN5O4. The number of hydrogen-bond acceptors (Lipinski definition) is 6. The van der Waals surface area contributed by atoms with Gasteiger partial charge in [0.25, 0.3) is 17.2 Å². The number of nitro groups is 1. The summed E-state index contributed by atoms with van der Waals surface area (Å²) in [5.74, 6) is -0.0150. The SMILES string of the molecule is Cc1ccccc1C(=O)N1CCN(c2ccc([N+](=O)[O-])c(-n3nc(-c4ccc(Cl)cc4)c4ccccc4c3=O)c2)CC1. The standard InChI is InChI=1S/C32H26ClN5O4/c1-21-6-2-3-7-25(21)31(39)36-18-16-35(17-19-36)24-14-15-28(38(41)42)29(20-24)37-32(40)27-9-5-4-8-26(27)30(34-37)22-10-12-23(33)13-11-22/h2-15,20H,16-19H2,1H3. The molecule has 0 bridgehead atoms. The van der Waals surface area contributed by atoms with Crippen molar-refractivity contribution in [1.29, 1.82) is 0 Å². The van der Waals surface area contributed by atoms with Crippen LogP contribution in [0.25, 0.3) is 27.7 Å². The number of rotatable bonds is 5. The molecule has 9 nitrogen and oxygen atoms in total. The van der Waals surface area contributed by atoms with Crippen LogP contribution in [0.3, 0.4) is 0 Å². The third-order valence-electron chi connectivity index (χ3n) is 7.61. The zero-order valence-electron chi connectivity index (χ0n) is 22.7. The lowest BCUT2D eigenvalue weighted by Gasteiger charge is -2.36. The van der Waals surface area contributed by atoms with Crippen LogP contribution in [0.5, 0.6) is 0 Å². The summed E-state index contributed by atoms with van der Waals surface area (Å²) in [5, 5.41) is 18.4. The van der Waals surface area contributed by atoms with Crippen LogP contribution < -0.4 is 10.5 Å². The van der Waals surface area contributed by atoms with Gasteiger partial charge in [-0.25, -0.2) is 0 Å². The van der Waals surface area contributed by atoms with Crippen molar-refractivity contribution in [2.45, 2.75) is 6.92 Å². The molecule has 1 aromatic heterocycles. The van der Waals surface area contributed by atoms with Gasteiger partial charge in [-0.05, 0) is 48.9 Å². The summed E-state index contributed by atoms with van der Waals surface area (Å²) < 4.78 is 1.12. The van der Waals surface area contributed by atoms with Crippen LogP contribution in [0.1, 0.15) is 15.9 Å². The van der Waals surface area contributed by atoms with Gasteiger partial charge in [0.05, 0.1) is 16.0 Å². The summed E-state index contributed by atoms with van der Waals surface area (Å²) in [4.78, 5) is 42.3. The fourth-order valence-electron chi connectivity index (χ4n) is 5.36. The van der Waals surface area contributed by atoms with Crippen molar-refractivity contribution >= 4 is 39.7 Å². The molecule has 1 aliphatic heterocycles. The van der Waals surface area contributed by atoms with E-state index in [-0.39, 0.29) is 17.3 Å². The Morgan fingerprint density at radius 3 is 2.24 bits per heavy atom. The zero-order valence-corrected chi connectivity index (χ0v) is 23.5. The zero-order chi connectivity index (χ0) is 29.4. The number of amides is 1. The second-order valence-corrected chi connectivity index (χ2v) is 10.6. The summed E-state index contributed by atoms with van der Waals surface area (Å²) in [6, 6.07) is 26.4. The number of halogens is 1. The Labute approximate surface area is 246 Å². The largest absolute Gasteiger partial charge is 0.368 e. The predicted molar refractivity (Wildman–Crippen MR) is 164 cm³/mol. The van der Waals surface area contributed by atoms with Crippen molar-refractivity contribution < 1.29 is 9.72 Å². The van der Waals surface area contributed by atoms with Crippen molar-refractivity contribution in [2.24, 2.45) is 0 Å². The van der Waals surface area contributed by atoms with E-state index in [0.717, 1.165) is 15.8 Å². The first-order valence-corrected chi connectivity index (χ1v) is 13.9. The first-order valence-electron chi connectivity index (χ1n) is 13.5. The minimum atomic E-state index is -0.511. The fraction of sp³-hybridized carbons (Fsp3) is 0.156. The van der Waals surface area contributed by atoms with Crippen molar-refractivity contribution in [3.8, 4) is 16.9 Å². The van der Waals surface area contributed by atoms with E-state index in [4.69, 9.17) is 11.6 Å². The van der Waals surface area contributed by atoms with Crippen LogP contribution in [0.2, 0.25) is 5.02 Å². The lowest BCUT2D eigenvalue weighted by atomic mass is 10.0. The third-order valence-corrected chi connectivity index (χ3v) is 7.87. The van der Waals surface area contributed by atoms with Crippen LogP contribution in [0, 0.1) is 17.0 Å². The maximum atomic E-state index is 13.7. The molecule has 0 N–H and O–H groups in total. The number of anilines is 1. The van der Waals surface area contributed by atoms with Gasteiger partial charge in [0.15, 0.2) is 0 Å². The van der Waals surface area contributed by atoms with Crippen molar-refractivity contribution in [2.75, 3.05) is 31.1 Å². The number of nitrogens with zero attached hydrogens (tertiary/aromatic N) is 5. The van der Waals surface area contributed by atoms with Gasteiger partial charge in [-0.15, -0.1) is 0 Å². The Hall–Kier alpha value is -5.02. The molecule has 6 rings (SSSR count). The van der Waals surface area contributed by atoms with Gasteiger partial charge in [-0.1, -0.05) is 60.1 Å². The van der Waals surface area contributed by atoms with E-state index in [9.17, 15) is 19.7 Å². The number of benzene rings is 4. The number of aryl methyl sites for hydroxylation is 1. The normalized spacial score (nSPS) is 13.4. The van der Waals surface area contributed by atoms with Crippen LogP contribution in [-0.2, 0) is 0 Å². The highest BCUT2D eigenvalue weighted by Crippen LogP contribution is 2.31. The number of fused-ring (bicyclic) bond motifs is 1. The molecule has 5 aromatic rings. The van der Waals surface area contributed by atoms with Crippen LogP contribution in [0.4, 0.5) is 11.4 Å². The molecule has 0 radical (unpaired) electrons. The number of carbonyl (C=O) groups excluding carboxylic acids is 1. The number of hydrogen-bond donors (Lipinski definition) is 0. The second-order valence-electron chi connectivity index (χ2n) is 10.1. The molecule has 0 atom stereocenters.